The topological polar surface area (TPSA) is 86.9 Å². The van der Waals surface area contributed by atoms with E-state index < -0.39 is 10.0 Å². The minimum absolute atomic E-state index is 0.00505. The molecular formula is C9H16N4O2S. The number of nitrogens with zero attached hydrogens (tertiary/aromatic N) is 1. The van der Waals surface area contributed by atoms with Gasteiger partial charge in [-0.2, -0.15) is 0 Å². The molecular weight excluding hydrogens is 228 g/mol. The van der Waals surface area contributed by atoms with Crippen LogP contribution in [0.15, 0.2) is 17.6 Å². The summed E-state index contributed by atoms with van der Waals surface area (Å²) in [5, 5.41) is 3.35. The van der Waals surface area contributed by atoms with Crippen LogP contribution in [0.4, 0.5) is 0 Å². The van der Waals surface area contributed by atoms with Crippen LogP contribution in [0.25, 0.3) is 0 Å². The fraction of sp³-hybridized carbons (Fsp3) is 0.667. The number of piperidine rings is 1. The van der Waals surface area contributed by atoms with E-state index in [9.17, 15) is 8.42 Å². The highest BCUT2D eigenvalue weighted by molar-refractivity contribution is 7.89. The van der Waals surface area contributed by atoms with Gasteiger partial charge in [0, 0.05) is 6.04 Å². The van der Waals surface area contributed by atoms with Gasteiger partial charge in [-0.05, 0) is 25.4 Å². The minimum Gasteiger partial charge on any atom is -0.335 e. The molecule has 0 aliphatic carbocycles. The summed E-state index contributed by atoms with van der Waals surface area (Å²) in [7, 11) is -3.45. The molecule has 0 radical (unpaired) electrons. The smallest absolute Gasteiger partial charge is 0.257 e. The van der Waals surface area contributed by atoms with Crippen molar-refractivity contribution in [1.29, 1.82) is 0 Å². The fourth-order valence-electron chi connectivity index (χ4n) is 1.84. The fourth-order valence-corrected chi connectivity index (χ4v) is 3.13. The van der Waals surface area contributed by atoms with Crippen molar-refractivity contribution in [3.63, 3.8) is 0 Å². The molecule has 0 saturated carbocycles. The summed E-state index contributed by atoms with van der Waals surface area (Å²) in [5.74, 6) is 0.298. The first kappa shape index (κ1) is 11.6. The number of imidazole rings is 1. The SMILES string of the molecule is CC1CNCCC1NS(=O)(=O)c1cnc[nH]1. The monoisotopic (exact) mass is 244 g/mol. The van der Waals surface area contributed by atoms with Gasteiger partial charge in [0.25, 0.3) is 10.0 Å². The summed E-state index contributed by atoms with van der Waals surface area (Å²) in [6.45, 7) is 3.73. The number of aromatic amines is 1. The maximum absolute atomic E-state index is 11.9. The molecule has 0 amide bonds. The highest BCUT2D eigenvalue weighted by atomic mass is 32.2. The Labute approximate surface area is 94.9 Å². The van der Waals surface area contributed by atoms with Gasteiger partial charge in [0.05, 0.1) is 12.5 Å². The lowest BCUT2D eigenvalue weighted by Crippen LogP contribution is -2.48. The normalized spacial score (nSPS) is 26.8. The molecule has 16 heavy (non-hydrogen) atoms. The summed E-state index contributed by atoms with van der Waals surface area (Å²) < 4.78 is 26.5. The number of sulfonamides is 1. The number of aromatic nitrogens is 2. The Morgan fingerprint density at radius 1 is 1.56 bits per heavy atom. The third-order valence-corrected chi connectivity index (χ3v) is 4.27. The number of hydrogen-bond donors (Lipinski definition) is 3. The van der Waals surface area contributed by atoms with Gasteiger partial charge < -0.3 is 10.3 Å². The standard InChI is InChI=1S/C9H16N4O2S/c1-7-4-10-3-2-8(7)13-16(14,15)9-5-11-6-12-9/h5-8,10,13H,2-4H2,1H3,(H,11,12). The van der Waals surface area contributed by atoms with Crippen molar-refractivity contribution in [2.45, 2.75) is 24.4 Å². The van der Waals surface area contributed by atoms with E-state index in [1.807, 2.05) is 6.92 Å². The third kappa shape index (κ3) is 2.42. The first-order valence-corrected chi connectivity index (χ1v) is 6.79. The van der Waals surface area contributed by atoms with Crippen molar-refractivity contribution in [1.82, 2.24) is 20.0 Å². The third-order valence-electron chi connectivity index (χ3n) is 2.85. The van der Waals surface area contributed by atoms with E-state index in [0.29, 0.717) is 5.92 Å². The quantitative estimate of drug-likeness (QED) is 0.680. The molecule has 7 heteroatoms. The van der Waals surface area contributed by atoms with Crippen molar-refractivity contribution < 1.29 is 8.42 Å². The highest BCUT2D eigenvalue weighted by Crippen LogP contribution is 2.13. The predicted molar refractivity (Wildman–Crippen MR) is 59.3 cm³/mol. The lowest BCUT2D eigenvalue weighted by Gasteiger charge is -2.29. The molecule has 2 unspecified atom stereocenters. The van der Waals surface area contributed by atoms with Crippen LogP contribution in [0.5, 0.6) is 0 Å². The zero-order valence-electron chi connectivity index (χ0n) is 9.10. The summed E-state index contributed by atoms with van der Waals surface area (Å²) in [4.78, 5) is 6.32. The van der Waals surface area contributed by atoms with Crippen LogP contribution < -0.4 is 10.0 Å². The molecule has 0 spiro atoms. The highest BCUT2D eigenvalue weighted by Gasteiger charge is 2.27. The zero-order chi connectivity index (χ0) is 11.6. The van der Waals surface area contributed by atoms with E-state index in [4.69, 9.17) is 0 Å². The van der Waals surface area contributed by atoms with Gasteiger partial charge in [0.15, 0.2) is 5.03 Å². The molecule has 1 aliphatic rings. The van der Waals surface area contributed by atoms with Gasteiger partial charge in [-0.3, -0.25) is 0 Å². The maximum atomic E-state index is 11.9. The summed E-state index contributed by atoms with van der Waals surface area (Å²) in [6, 6.07) is -0.00505. The number of hydrogen-bond acceptors (Lipinski definition) is 4. The number of H-pyrrole nitrogens is 1. The molecule has 2 atom stereocenters. The second-order valence-corrected chi connectivity index (χ2v) is 5.80. The molecule has 90 valence electrons. The van der Waals surface area contributed by atoms with Crippen molar-refractivity contribution in [3.05, 3.63) is 12.5 Å². The van der Waals surface area contributed by atoms with Crippen LogP contribution in [0.2, 0.25) is 0 Å². The predicted octanol–water partition coefficient (Wildman–Crippen LogP) is -0.314. The van der Waals surface area contributed by atoms with Gasteiger partial charge >= 0.3 is 0 Å². The molecule has 0 bridgehead atoms. The van der Waals surface area contributed by atoms with Gasteiger partial charge in [0.2, 0.25) is 0 Å². The molecule has 0 aromatic carbocycles. The first-order valence-electron chi connectivity index (χ1n) is 5.31. The number of nitrogens with one attached hydrogen (secondary N) is 3. The van der Waals surface area contributed by atoms with E-state index >= 15 is 0 Å². The van der Waals surface area contributed by atoms with Crippen LogP contribution in [0, 0.1) is 5.92 Å². The Hall–Kier alpha value is -0.920. The van der Waals surface area contributed by atoms with Crippen molar-refractivity contribution in [2.75, 3.05) is 13.1 Å². The molecule has 6 nitrogen and oxygen atoms in total. The molecule has 3 N–H and O–H groups in total. The van der Waals surface area contributed by atoms with Gasteiger partial charge in [-0.15, -0.1) is 0 Å². The van der Waals surface area contributed by atoms with Gasteiger partial charge in [-0.25, -0.2) is 18.1 Å². The van der Waals surface area contributed by atoms with E-state index in [1.165, 1.54) is 12.5 Å². The first-order chi connectivity index (χ1) is 7.59. The molecule has 2 heterocycles. The van der Waals surface area contributed by atoms with E-state index in [1.54, 1.807) is 0 Å². The largest absolute Gasteiger partial charge is 0.335 e. The van der Waals surface area contributed by atoms with Crippen LogP contribution in [0.3, 0.4) is 0 Å². The van der Waals surface area contributed by atoms with Gasteiger partial charge in [-0.1, -0.05) is 6.92 Å². The van der Waals surface area contributed by atoms with Crippen LogP contribution >= 0.6 is 0 Å². The van der Waals surface area contributed by atoms with E-state index in [-0.39, 0.29) is 11.1 Å². The summed E-state index contributed by atoms with van der Waals surface area (Å²) in [5.41, 5.74) is 0. The average molecular weight is 244 g/mol. The molecule has 1 aromatic heterocycles. The molecule has 1 fully saturated rings. The lowest BCUT2D eigenvalue weighted by atomic mass is 9.97. The Kier molecular flexibility index (Phi) is 3.27. The van der Waals surface area contributed by atoms with Crippen LogP contribution in [-0.2, 0) is 10.0 Å². The zero-order valence-corrected chi connectivity index (χ0v) is 9.92. The van der Waals surface area contributed by atoms with Gasteiger partial charge in [0.1, 0.15) is 0 Å². The Balaban J connectivity index is 2.09. The van der Waals surface area contributed by atoms with E-state index in [2.05, 4.69) is 20.0 Å². The molecule has 1 aliphatic heterocycles. The van der Waals surface area contributed by atoms with Crippen LogP contribution in [0.1, 0.15) is 13.3 Å². The van der Waals surface area contributed by atoms with Crippen molar-refractivity contribution in [2.24, 2.45) is 5.92 Å². The number of rotatable bonds is 3. The second-order valence-electron chi connectivity index (χ2n) is 4.11. The molecule has 2 rings (SSSR count). The summed E-state index contributed by atoms with van der Waals surface area (Å²) in [6.07, 6.45) is 3.49. The summed E-state index contributed by atoms with van der Waals surface area (Å²) >= 11 is 0. The minimum atomic E-state index is -3.45. The van der Waals surface area contributed by atoms with Crippen molar-refractivity contribution >= 4 is 10.0 Å². The second kappa shape index (κ2) is 4.52. The maximum Gasteiger partial charge on any atom is 0.257 e. The Bertz CT molecular complexity index is 428. The average Bonchev–Trinajstić information content (AvgIpc) is 2.75. The van der Waals surface area contributed by atoms with Crippen molar-refractivity contribution in [3.8, 4) is 0 Å². The Morgan fingerprint density at radius 3 is 3.00 bits per heavy atom. The lowest BCUT2D eigenvalue weighted by molar-refractivity contribution is 0.328. The molecule has 1 aromatic rings. The molecule has 1 saturated heterocycles. The Morgan fingerprint density at radius 2 is 2.38 bits per heavy atom. The van der Waals surface area contributed by atoms with Crippen LogP contribution in [-0.4, -0.2) is 37.5 Å². The van der Waals surface area contributed by atoms with E-state index in [0.717, 1.165) is 19.5 Å².